The molecule has 3 nitrogen and oxygen atoms in total. The van der Waals surface area contributed by atoms with E-state index in [1.165, 1.54) is 32.9 Å². The number of aromatic nitrogens is 3. The first kappa shape index (κ1) is 25.2. The molecule has 8 rings (SSSR count). The van der Waals surface area contributed by atoms with Gasteiger partial charge in [-0.3, -0.25) is 0 Å². The van der Waals surface area contributed by atoms with Crippen molar-refractivity contribution in [1.82, 2.24) is 14.5 Å². The van der Waals surface area contributed by atoms with Crippen LogP contribution in [0.1, 0.15) is 18.5 Å². The van der Waals surface area contributed by atoms with E-state index in [0.717, 1.165) is 52.4 Å². The molecule has 0 aliphatic heterocycles. The molecule has 0 bridgehead atoms. The van der Waals surface area contributed by atoms with E-state index in [4.69, 9.17) is 9.97 Å². The average Bonchev–Trinajstić information content (AvgIpc) is 3.43. The molecule has 0 N–H and O–H groups in total. The number of hydrogen-bond donors (Lipinski definition) is 0. The van der Waals surface area contributed by atoms with Crippen LogP contribution in [-0.2, 0) is 0 Å². The van der Waals surface area contributed by atoms with Crippen LogP contribution < -0.4 is 0 Å². The zero-order valence-corrected chi connectivity index (χ0v) is 23.7. The van der Waals surface area contributed by atoms with Gasteiger partial charge >= 0.3 is 0 Å². The van der Waals surface area contributed by atoms with Gasteiger partial charge in [0.15, 0.2) is 5.82 Å². The van der Waals surface area contributed by atoms with Gasteiger partial charge in [-0.2, -0.15) is 0 Å². The zero-order valence-electron chi connectivity index (χ0n) is 23.7. The molecule has 0 radical (unpaired) electrons. The van der Waals surface area contributed by atoms with E-state index >= 15 is 0 Å². The van der Waals surface area contributed by atoms with Gasteiger partial charge in [-0.1, -0.05) is 115 Å². The lowest BCUT2D eigenvalue weighted by molar-refractivity contribution is 1.03. The molecule has 43 heavy (non-hydrogen) atoms. The summed E-state index contributed by atoms with van der Waals surface area (Å²) < 4.78 is 2.35. The highest BCUT2D eigenvalue weighted by Crippen LogP contribution is 2.34. The van der Waals surface area contributed by atoms with Gasteiger partial charge < -0.3 is 4.57 Å². The lowest BCUT2D eigenvalue weighted by Crippen LogP contribution is -1.99. The second-order valence-corrected chi connectivity index (χ2v) is 11.0. The molecule has 2 aromatic heterocycles. The minimum atomic E-state index is 0.754. The summed E-state index contributed by atoms with van der Waals surface area (Å²) in [6.45, 7) is 0. The Balaban J connectivity index is 1.19. The number of para-hydroxylation sites is 2. The van der Waals surface area contributed by atoms with Crippen LogP contribution in [0, 0.1) is 0 Å². The van der Waals surface area contributed by atoms with E-state index in [1.54, 1.807) is 0 Å². The molecule has 1 aliphatic rings. The second kappa shape index (κ2) is 10.7. The minimum Gasteiger partial charge on any atom is -0.309 e. The predicted molar refractivity (Wildman–Crippen MR) is 179 cm³/mol. The van der Waals surface area contributed by atoms with Crippen molar-refractivity contribution in [3.8, 4) is 39.5 Å². The molecule has 5 aromatic carbocycles. The molecule has 3 heteroatoms. The van der Waals surface area contributed by atoms with Gasteiger partial charge in [-0.05, 0) is 65.9 Å². The van der Waals surface area contributed by atoms with E-state index in [2.05, 4.69) is 138 Å². The Hall–Kier alpha value is -5.54. The molecule has 0 fully saturated rings. The van der Waals surface area contributed by atoms with Gasteiger partial charge in [0.05, 0.1) is 22.4 Å². The van der Waals surface area contributed by atoms with Crippen molar-refractivity contribution in [2.24, 2.45) is 0 Å². The maximum atomic E-state index is 5.05. The number of nitrogens with zero attached hydrogens (tertiary/aromatic N) is 3. The standard InChI is InChI=1S/C40H29N3/c1-3-12-29(13-4-1)36-27-37(42-40(41-36)30-14-5-2-6-15-30)32-17-11-16-31(26-32)28-22-24-33(25-23-28)43-38-20-9-7-18-34(38)35-19-8-10-21-39(35)43/h1-3,5-12,14-27H,4,13H2. The second-order valence-electron chi connectivity index (χ2n) is 11.0. The van der Waals surface area contributed by atoms with Gasteiger partial charge in [-0.15, -0.1) is 0 Å². The maximum absolute atomic E-state index is 5.05. The topological polar surface area (TPSA) is 30.7 Å². The van der Waals surface area contributed by atoms with Gasteiger partial charge in [0.2, 0.25) is 0 Å². The molecule has 1 aliphatic carbocycles. The van der Waals surface area contributed by atoms with Crippen LogP contribution in [0.5, 0.6) is 0 Å². The molecule has 0 saturated heterocycles. The van der Waals surface area contributed by atoms with Crippen molar-refractivity contribution in [3.05, 3.63) is 157 Å². The van der Waals surface area contributed by atoms with Gasteiger partial charge in [-0.25, -0.2) is 9.97 Å². The third-order valence-corrected chi connectivity index (χ3v) is 8.30. The molecule has 0 amide bonds. The number of hydrogen-bond acceptors (Lipinski definition) is 2. The van der Waals surface area contributed by atoms with E-state index in [1.807, 2.05) is 18.2 Å². The summed E-state index contributed by atoms with van der Waals surface area (Å²) in [6.07, 6.45) is 8.54. The smallest absolute Gasteiger partial charge is 0.160 e. The number of benzene rings is 5. The summed E-state index contributed by atoms with van der Waals surface area (Å²) in [5.41, 5.74) is 11.2. The van der Waals surface area contributed by atoms with Crippen molar-refractivity contribution in [1.29, 1.82) is 0 Å². The maximum Gasteiger partial charge on any atom is 0.160 e. The van der Waals surface area contributed by atoms with Crippen LogP contribution in [0.4, 0.5) is 0 Å². The van der Waals surface area contributed by atoms with Crippen LogP contribution in [0.3, 0.4) is 0 Å². The fraction of sp³-hybridized carbons (Fsp3) is 0.0500. The highest BCUT2D eigenvalue weighted by atomic mass is 15.0. The molecular formula is C40H29N3. The van der Waals surface area contributed by atoms with E-state index in [0.29, 0.717) is 0 Å². The quantitative estimate of drug-likeness (QED) is 0.213. The summed E-state index contributed by atoms with van der Waals surface area (Å²) in [7, 11) is 0. The first-order valence-electron chi connectivity index (χ1n) is 14.8. The van der Waals surface area contributed by atoms with E-state index in [-0.39, 0.29) is 0 Å². The van der Waals surface area contributed by atoms with Crippen LogP contribution in [0.25, 0.3) is 66.8 Å². The SMILES string of the molecule is C1=CCCC(c2cc(-c3cccc(-c4ccc(-n5c6ccccc6c6ccccc65)cc4)c3)nc(-c3ccccc3)n2)=C1. The Morgan fingerprint density at radius 3 is 1.88 bits per heavy atom. The molecule has 0 unspecified atom stereocenters. The first-order chi connectivity index (χ1) is 21.3. The monoisotopic (exact) mass is 551 g/mol. The Labute approximate surface area is 251 Å². The summed E-state index contributed by atoms with van der Waals surface area (Å²) in [6, 6.07) is 47.2. The lowest BCUT2D eigenvalue weighted by atomic mass is 9.98. The molecular weight excluding hydrogens is 522 g/mol. The van der Waals surface area contributed by atoms with E-state index < -0.39 is 0 Å². The highest BCUT2D eigenvalue weighted by Gasteiger charge is 2.14. The van der Waals surface area contributed by atoms with Gasteiger partial charge in [0, 0.05) is 27.6 Å². The molecule has 0 spiro atoms. The fourth-order valence-electron chi connectivity index (χ4n) is 6.15. The van der Waals surface area contributed by atoms with Gasteiger partial charge in [0.25, 0.3) is 0 Å². The summed E-state index contributed by atoms with van der Waals surface area (Å²) >= 11 is 0. The van der Waals surface area contributed by atoms with Crippen LogP contribution in [0.15, 0.2) is 152 Å². The number of allylic oxidation sites excluding steroid dienone is 4. The van der Waals surface area contributed by atoms with Crippen molar-refractivity contribution in [2.75, 3.05) is 0 Å². The first-order valence-corrected chi connectivity index (χ1v) is 14.8. The van der Waals surface area contributed by atoms with Crippen LogP contribution >= 0.6 is 0 Å². The molecule has 2 heterocycles. The zero-order chi connectivity index (χ0) is 28.6. The lowest BCUT2D eigenvalue weighted by Gasteiger charge is -2.13. The normalized spacial score (nSPS) is 13.0. The minimum absolute atomic E-state index is 0.754. The van der Waals surface area contributed by atoms with Crippen molar-refractivity contribution in [3.63, 3.8) is 0 Å². The summed E-state index contributed by atoms with van der Waals surface area (Å²) in [5.74, 6) is 0.754. The Kier molecular flexibility index (Phi) is 6.27. The Morgan fingerprint density at radius 1 is 0.512 bits per heavy atom. The largest absolute Gasteiger partial charge is 0.309 e. The summed E-state index contributed by atoms with van der Waals surface area (Å²) in [5, 5.41) is 2.54. The van der Waals surface area contributed by atoms with Gasteiger partial charge in [0.1, 0.15) is 0 Å². The Morgan fingerprint density at radius 2 is 1.16 bits per heavy atom. The van der Waals surface area contributed by atoms with Crippen LogP contribution in [0.2, 0.25) is 0 Å². The number of fused-ring (bicyclic) bond motifs is 3. The third kappa shape index (κ3) is 4.65. The highest BCUT2D eigenvalue weighted by molar-refractivity contribution is 6.09. The average molecular weight is 552 g/mol. The molecule has 0 saturated carbocycles. The summed E-state index contributed by atoms with van der Waals surface area (Å²) in [4.78, 5) is 10.0. The van der Waals surface area contributed by atoms with Crippen molar-refractivity contribution >= 4 is 27.4 Å². The Bertz CT molecular complexity index is 2110. The predicted octanol–water partition coefficient (Wildman–Crippen LogP) is 10.3. The molecule has 7 aromatic rings. The fourth-order valence-corrected chi connectivity index (χ4v) is 6.15. The van der Waals surface area contributed by atoms with E-state index in [9.17, 15) is 0 Å². The molecule has 0 atom stereocenters. The van der Waals surface area contributed by atoms with Crippen molar-refractivity contribution < 1.29 is 0 Å². The third-order valence-electron chi connectivity index (χ3n) is 8.30. The van der Waals surface area contributed by atoms with Crippen molar-refractivity contribution in [2.45, 2.75) is 12.8 Å². The van der Waals surface area contributed by atoms with Crippen LogP contribution in [-0.4, -0.2) is 14.5 Å². The number of rotatable bonds is 5. The molecule has 204 valence electrons.